The molecule has 24 heavy (non-hydrogen) atoms. The number of fused-ring (bicyclic) bond motifs is 1. The second-order valence-electron chi connectivity index (χ2n) is 4.48. The molecule has 3 aromatic heterocycles. The van der Waals surface area contributed by atoms with Crippen LogP contribution in [0.3, 0.4) is 0 Å². The largest absolute Gasteiger partial charge is 0.490 e. The molecule has 9 nitrogen and oxygen atoms in total. The van der Waals surface area contributed by atoms with Crippen LogP contribution in [0.5, 0.6) is 11.6 Å². The number of carboxylic acid groups (broad SMARTS) is 1. The minimum Gasteiger partial charge on any atom is -0.490 e. The van der Waals surface area contributed by atoms with Crippen LogP contribution in [0.2, 0.25) is 0 Å². The number of hydrogen-bond acceptors (Lipinski definition) is 8. The topological polar surface area (TPSA) is 119 Å². The molecule has 0 saturated heterocycles. The Labute approximate surface area is 143 Å². The number of carboxylic acids is 1. The first-order valence-corrected chi connectivity index (χ1v) is 7.66. The molecule has 0 aliphatic rings. The van der Waals surface area contributed by atoms with Gasteiger partial charge >= 0.3 is 5.97 Å². The van der Waals surface area contributed by atoms with Crippen molar-refractivity contribution in [3.8, 4) is 17.6 Å². The highest BCUT2D eigenvalue weighted by atomic mass is 32.1. The first-order valence-electron chi connectivity index (χ1n) is 6.43. The van der Waals surface area contributed by atoms with Crippen molar-refractivity contribution in [1.29, 1.82) is 0 Å². The van der Waals surface area contributed by atoms with E-state index in [0.29, 0.717) is 11.3 Å². The lowest BCUT2D eigenvalue weighted by molar-refractivity contribution is 0.0702. The van der Waals surface area contributed by atoms with Crippen molar-refractivity contribution in [3.05, 3.63) is 32.3 Å². The fraction of sp³-hybridized carbons (Fsp3) is 0.154. The molecule has 0 atom stereocenters. The van der Waals surface area contributed by atoms with Gasteiger partial charge in [-0.1, -0.05) is 0 Å². The van der Waals surface area contributed by atoms with E-state index in [2.05, 4.69) is 15.0 Å². The molecular weight excluding hydrogens is 356 g/mol. The van der Waals surface area contributed by atoms with Gasteiger partial charge < -0.3 is 19.6 Å². The maximum absolute atomic E-state index is 12.7. The summed E-state index contributed by atoms with van der Waals surface area (Å²) in [7, 11) is 2.84. The number of aromatic amines is 1. The van der Waals surface area contributed by atoms with Crippen molar-refractivity contribution < 1.29 is 19.4 Å². The summed E-state index contributed by atoms with van der Waals surface area (Å²) in [6, 6.07) is 1.36. The zero-order valence-corrected chi connectivity index (χ0v) is 14.0. The Bertz CT molecular complexity index is 1070. The van der Waals surface area contributed by atoms with Crippen LogP contribution in [-0.4, -0.2) is 44.8 Å². The Morgan fingerprint density at radius 1 is 1.42 bits per heavy atom. The Morgan fingerprint density at radius 2 is 2.17 bits per heavy atom. The second-order valence-corrected chi connectivity index (χ2v) is 5.92. The Balaban J connectivity index is 2.28. The van der Waals surface area contributed by atoms with Gasteiger partial charge in [-0.05, 0) is 18.3 Å². The summed E-state index contributed by atoms with van der Waals surface area (Å²) in [6.45, 7) is 0. The van der Waals surface area contributed by atoms with Crippen molar-refractivity contribution in [3.63, 3.8) is 0 Å². The zero-order chi connectivity index (χ0) is 17.4. The maximum Gasteiger partial charge on any atom is 0.345 e. The van der Waals surface area contributed by atoms with E-state index in [4.69, 9.17) is 26.8 Å². The molecule has 0 bridgehead atoms. The van der Waals surface area contributed by atoms with Crippen LogP contribution < -0.4 is 15.0 Å². The standard InChI is InChI=1S/C13H10N4O5S2/c1-21-6-4-14-12(16-9(6)22-2)17-10(18)8-5(15-13(17)23)3-7(24-8)11(19)20/h3-4H,1-2H3,(H,15,23)(H,19,20). The van der Waals surface area contributed by atoms with E-state index in [1.165, 1.54) is 26.5 Å². The zero-order valence-electron chi connectivity index (χ0n) is 12.4. The van der Waals surface area contributed by atoms with Gasteiger partial charge in [0.1, 0.15) is 9.58 Å². The molecule has 0 saturated carbocycles. The lowest BCUT2D eigenvalue weighted by atomic mass is 10.4. The van der Waals surface area contributed by atoms with Gasteiger partial charge in [0.15, 0.2) is 10.5 Å². The molecule has 3 heterocycles. The molecular formula is C13H10N4O5S2. The molecule has 124 valence electrons. The average Bonchev–Trinajstić information content (AvgIpc) is 2.99. The lowest BCUT2D eigenvalue weighted by Crippen LogP contribution is -2.21. The summed E-state index contributed by atoms with van der Waals surface area (Å²) in [4.78, 5) is 34.8. The highest BCUT2D eigenvalue weighted by molar-refractivity contribution is 7.71. The quantitative estimate of drug-likeness (QED) is 0.669. The minimum absolute atomic E-state index is 0.00826. The van der Waals surface area contributed by atoms with Gasteiger partial charge in [-0.15, -0.1) is 11.3 Å². The Kier molecular flexibility index (Phi) is 4.03. The van der Waals surface area contributed by atoms with E-state index in [-0.39, 0.29) is 26.2 Å². The monoisotopic (exact) mass is 366 g/mol. The number of hydrogen-bond donors (Lipinski definition) is 2. The van der Waals surface area contributed by atoms with Crippen molar-refractivity contribution >= 4 is 39.7 Å². The highest BCUT2D eigenvalue weighted by Crippen LogP contribution is 2.24. The summed E-state index contributed by atoms with van der Waals surface area (Å²) < 4.78 is 11.5. The van der Waals surface area contributed by atoms with E-state index < -0.39 is 11.5 Å². The fourth-order valence-electron chi connectivity index (χ4n) is 2.04. The molecule has 11 heteroatoms. The third-order valence-electron chi connectivity index (χ3n) is 3.11. The number of ether oxygens (including phenoxy) is 2. The van der Waals surface area contributed by atoms with E-state index in [0.717, 1.165) is 15.9 Å². The number of H-pyrrole nitrogens is 1. The molecule has 0 radical (unpaired) electrons. The van der Waals surface area contributed by atoms with E-state index in [1.807, 2.05) is 0 Å². The van der Waals surface area contributed by atoms with E-state index >= 15 is 0 Å². The van der Waals surface area contributed by atoms with Gasteiger partial charge in [0.25, 0.3) is 11.4 Å². The average molecular weight is 366 g/mol. The molecule has 3 aromatic rings. The van der Waals surface area contributed by atoms with Crippen molar-refractivity contribution in [1.82, 2.24) is 19.5 Å². The minimum atomic E-state index is -1.12. The predicted molar refractivity (Wildman–Crippen MR) is 88.3 cm³/mol. The van der Waals surface area contributed by atoms with Gasteiger partial charge in [-0.2, -0.15) is 4.98 Å². The number of aromatic carboxylic acids is 1. The molecule has 0 spiro atoms. The summed E-state index contributed by atoms with van der Waals surface area (Å²) in [6.07, 6.45) is 1.35. The number of aromatic nitrogens is 4. The summed E-state index contributed by atoms with van der Waals surface area (Å²) in [5.74, 6) is -0.689. The van der Waals surface area contributed by atoms with Gasteiger partial charge in [0.2, 0.25) is 5.95 Å². The number of rotatable bonds is 4. The third-order valence-corrected chi connectivity index (χ3v) is 4.50. The molecule has 0 aromatic carbocycles. The fourth-order valence-corrected chi connectivity index (χ4v) is 3.19. The Hall–Kier alpha value is -2.79. The first kappa shape index (κ1) is 16.1. The molecule has 0 amide bonds. The number of nitrogens with zero attached hydrogens (tertiary/aromatic N) is 3. The molecule has 0 fully saturated rings. The highest BCUT2D eigenvalue weighted by Gasteiger charge is 2.17. The van der Waals surface area contributed by atoms with Crippen molar-refractivity contribution in [2.45, 2.75) is 0 Å². The van der Waals surface area contributed by atoms with Gasteiger partial charge in [-0.3, -0.25) is 4.79 Å². The molecule has 0 unspecified atom stereocenters. The number of carbonyl (C=O) groups is 1. The normalized spacial score (nSPS) is 10.8. The number of thiophene rings is 1. The van der Waals surface area contributed by atoms with Crippen LogP contribution in [-0.2, 0) is 0 Å². The van der Waals surface area contributed by atoms with Crippen LogP contribution in [0.25, 0.3) is 16.2 Å². The third kappa shape index (κ3) is 2.53. The second kappa shape index (κ2) is 6.02. The molecule has 2 N–H and O–H groups in total. The molecule has 0 aliphatic heterocycles. The smallest absolute Gasteiger partial charge is 0.345 e. The molecule has 3 rings (SSSR count). The number of methoxy groups -OCH3 is 2. The van der Waals surface area contributed by atoms with Crippen LogP contribution in [0.4, 0.5) is 0 Å². The Morgan fingerprint density at radius 3 is 2.79 bits per heavy atom. The summed E-state index contributed by atoms with van der Waals surface area (Å²) >= 11 is 6.02. The lowest BCUT2D eigenvalue weighted by Gasteiger charge is -2.09. The van der Waals surface area contributed by atoms with E-state index in [1.54, 1.807) is 0 Å². The summed E-state index contributed by atoms with van der Waals surface area (Å²) in [5, 5.41) is 9.06. The van der Waals surface area contributed by atoms with Gasteiger partial charge in [-0.25, -0.2) is 14.3 Å². The number of nitrogens with one attached hydrogen (secondary N) is 1. The first-order chi connectivity index (χ1) is 11.5. The molecule has 0 aliphatic carbocycles. The predicted octanol–water partition coefficient (Wildman–Crippen LogP) is 1.62. The van der Waals surface area contributed by atoms with Crippen molar-refractivity contribution in [2.24, 2.45) is 0 Å². The van der Waals surface area contributed by atoms with Gasteiger partial charge in [0.05, 0.1) is 25.9 Å². The van der Waals surface area contributed by atoms with Crippen LogP contribution >= 0.6 is 23.6 Å². The summed E-state index contributed by atoms with van der Waals surface area (Å²) in [5.41, 5.74) is -0.164. The van der Waals surface area contributed by atoms with Crippen molar-refractivity contribution in [2.75, 3.05) is 14.2 Å². The van der Waals surface area contributed by atoms with E-state index in [9.17, 15) is 9.59 Å². The van der Waals surface area contributed by atoms with Crippen LogP contribution in [0.15, 0.2) is 17.1 Å². The van der Waals surface area contributed by atoms with Crippen LogP contribution in [0, 0.1) is 4.77 Å². The maximum atomic E-state index is 12.7. The van der Waals surface area contributed by atoms with Gasteiger partial charge in [0, 0.05) is 0 Å². The van der Waals surface area contributed by atoms with Crippen LogP contribution in [0.1, 0.15) is 9.67 Å². The SMILES string of the molecule is COc1cnc(-n2c(=S)[nH]c3cc(C(=O)O)sc3c2=O)nc1OC.